The van der Waals surface area contributed by atoms with Crippen molar-refractivity contribution in [2.75, 3.05) is 23.7 Å². The number of carbonyl (C=O) groups excluding carboxylic acids is 1. The Morgan fingerprint density at radius 3 is 2.45 bits per heavy atom. The zero-order valence-electron chi connectivity index (χ0n) is 11.2. The van der Waals surface area contributed by atoms with E-state index in [1.54, 1.807) is 24.3 Å². The van der Waals surface area contributed by atoms with E-state index in [-0.39, 0.29) is 18.4 Å². The van der Waals surface area contributed by atoms with E-state index in [2.05, 4.69) is 5.32 Å². The van der Waals surface area contributed by atoms with Crippen LogP contribution in [0.1, 0.15) is 12.8 Å². The first kappa shape index (κ1) is 15.1. The normalized spacial score (nSPS) is 14.9. The Bertz CT molecular complexity index is 582. The predicted octanol–water partition coefficient (Wildman–Crippen LogP) is 1.63. The van der Waals surface area contributed by atoms with E-state index in [1.807, 2.05) is 0 Å². The summed E-state index contributed by atoms with van der Waals surface area (Å²) in [7, 11) is -3.39. The van der Waals surface area contributed by atoms with E-state index in [0.29, 0.717) is 17.3 Å². The van der Waals surface area contributed by atoms with Crippen LogP contribution in [0, 0.1) is 5.92 Å². The van der Waals surface area contributed by atoms with Gasteiger partial charge in [0.2, 0.25) is 15.9 Å². The fraction of sp³-hybridized carbons (Fsp3) is 0.462. The van der Waals surface area contributed by atoms with Crippen molar-refractivity contribution in [3.63, 3.8) is 0 Å². The van der Waals surface area contributed by atoms with Gasteiger partial charge in [0.1, 0.15) is 0 Å². The fourth-order valence-electron chi connectivity index (χ4n) is 1.86. The summed E-state index contributed by atoms with van der Waals surface area (Å²) in [6.45, 7) is 0.504. The van der Waals surface area contributed by atoms with Crippen LogP contribution < -0.4 is 9.62 Å². The molecule has 1 saturated carbocycles. The van der Waals surface area contributed by atoms with Crippen molar-refractivity contribution in [1.82, 2.24) is 5.32 Å². The molecule has 2 rings (SSSR count). The van der Waals surface area contributed by atoms with Gasteiger partial charge in [0.15, 0.2) is 0 Å². The minimum Gasteiger partial charge on any atom is -0.354 e. The maximum atomic E-state index is 11.8. The van der Waals surface area contributed by atoms with Crippen LogP contribution in [0.5, 0.6) is 0 Å². The molecule has 110 valence electrons. The van der Waals surface area contributed by atoms with Crippen LogP contribution in [0.2, 0.25) is 5.02 Å². The molecular formula is C13H17ClN2O3S. The lowest BCUT2D eigenvalue weighted by molar-refractivity contribution is -0.122. The average molecular weight is 317 g/mol. The zero-order chi connectivity index (χ0) is 14.8. The number of hydrogen-bond donors (Lipinski definition) is 1. The Morgan fingerprint density at radius 1 is 1.35 bits per heavy atom. The summed E-state index contributed by atoms with van der Waals surface area (Å²) in [5.41, 5.74) is 0.539. The van der Waals surface area contributed by atoms with Gasteiger partial charge in [-0.15, -0.1) is 0 Å². The number of sulfonamides is 1. The fourth-order valence-corrected chi connectivity index (χ4v) is 2.92. The molecule has 1 N–H and O–H groups in total. The minimum absolute atomic E-state index is 0.00885. The van der Waals surface area contributed by atoms with Gasteiger partial charge in [0.05, 0.1) is 18.5 Å². The second-order valence-electron chi connectivity index (χ2n) is 4.88. The van der Waals surface area contributed by atoms with E-state index in [1.165, 1.54) is 4.31 Å². The highest BCUT2D eigenvalue weighted by molar-refractivity contribution is 7.92. The van der Waals surface area contributed by atoms with Crippen molar-refractivity contribution >= 4 is 33.2 Å². The Morgan fingerprint density at radius 2 is 1.95 bits per heavy atom. The summed E-state index contributed by atoms with van der Waals surface area (Å²) in [6, 6.07) is 6.56. The minimum atomic E-state index is -3.39. The van der Waals surface area contributed by atoms with Gasteiger partial charge in [-0.2, -0.15) is 0 Å². The van der Waals surface area contributed by atoms with Gasteiger partial charge in [0, 0.05) is 17.5 Å². The highest BCUT2D eigenvalue weighted by atomic mass is 35.5. The van der Waals surface area contributed by atoms with Gasteiger partial charge in [0.25, 0.3) is 0 Å². The van der Waals surface area contributed by atoms with Crippen molar-refractivity contribution in [1.29, 1.82) is 0 Å². The molecule has 1 fully saturated rings. The van der Waals surface area contributed by atoms with Gasteiger partial charge in [-0.1, -0.05) is 11.6 Å². The van der Waals surface area contributed by atoms with Crippen LogP contribution in [-0.2, 0) is 14.8 Å². The molecule has 1 aromatic rings. The van der Waals surface area contributed by atoms with Crippen LogP contribution >= 0.6 is 11.6 Å². The van der Waals surface area contributed by atoms with Crippen LogP contribution in [0.3, 0.4) is 0 Å². The lowest BCUT2D eigenvalue weighted by Gasteiger charge is -2.22. The summed E-state index contributed by atoms with van der Waals surface area (Å²) < 4.78 is 24.9. The first-order valence-corrected chi connectivity index (χ1v) is 8.61. The van der Waals surface area contributed by atoms with Gasteiger partial charge in [-0.05, 0) is 37.1 Å². The Labute approximate surface area is 124 Å². The van der Waals surface area contributed by atoms with E-state index in [0.717, 1.165) is 19.1 Å². The Hall–Kier alpha value is -1.27. The molecule has 0 unspecified atom stereocenters. The number of benzene rings is 1. The molecule has 1 aromatic carbocycles. The third kappa shape index (κ3) is 4.11. The second-order valence-corrected chi connectivity index (χ2v) is 7.22. The summed E-state index contributed by atoms with van der Waals surface area (Å²) in [6.07, 6.45) is 3.00. The third-order valence-electron chi connectivity index (χ3n) is 3.08. The average Bonchev–Trinajstić information content (AvgIpc) is 3.18. The molecule has 0 radical (unpaired) electrons. The van der Waals surface area contributed by atoms with Crippen LogP contribution in [0.25, 0.3) is 0 Å². The maximum Gasteiger partial charge on any atom is 0.232 e. The van der Waals surface area contributed by atoms with Gasteiger partial charge < -0.3 is 5.32 Å². The topological polar surface area (TPSA) is 66.5 Å². The van der Waals surface area contributed by atoms with E-state index < -0.39 is 10.0 Å². The molecule has 0 saturated heterocycles. The predicted molar refractivity (Wildman–Crippen MR) is 79.4 cm³/mol. The van der Waals surface area contributed by atoms with Gasteiger partial charge >= 0.3 is 0 Å². The maximum absolute atomic E-state index is 11.8. The molecule has 0 heterocycles. The molecule has 1 amide bonds. The first-order chi connectivity index (χ1) is 9.38. The number of nitrogens with one attached hydrogen (secondary N) is 1. The summed E-state index contributed by atoms with van der Waals surface area (Å²) in [4.78, 5) is 11.5. The standard InChI is InChI=1S/C13H17ClN2O3S/c1-20(18,19)16(12-6-4-11(14)5-7-12)9-8-15-13(17)10-2-3-10/h4-7,10H,2-3,8-9H2,1H3,(H,15,17). The second kappa shape index (κ2) is 6.01. The summed E-state index contributed by atoms with van der Waals surface area (Å²) in [5.74, 6) is 0.131. The molecule has 1 aliphatic carbocycles. The van der Waals surface area contributed by atoms with Crippen molar-refractivity contribution < 1.29 is 13.2 Å². The summed E-state index contributed by atoms with van der Waals surface area (Å²) >= 11 is 5.79. The van der Waals surface area contributed by atoms with Crippen molar-refractivity contribution in [3.05, 3.63) is 29.3 Å². The number of nitrogens with zero attached hydrogens (tertiary/aromatic N) is 1. The first-order valence-electron chi connectivity index (χ1n) is 6.39. The van der Waals surface area contributed by atoms with Crippen molar-refractivity contribution in [2.45, 2.75) is 12.8 Å². The SMILES string of the molecule is CS(=O)(=O)N(CCNC(=O)C1CC1)c1ccc(Cl)cc1. The smallest absolute Gasteiger partial charge is 0.232 e. The van der Waals surface area contributed by atoms with E-state index in [9.17, 15) is 13.2 Å². The lowest BCUT2D eigenvalue weighted by atomic mass is 10.3. The number of amides is 1. The third-order valence-corrected chi connectivity index (χ3v) is 4.52. The van der Waals surface area contributed by atoms with Crippen molar-refractivity contribution in [2.24, 2.45) is 5.92 Å². The molecule has 1 aliphatic rings. The van der Waals surface area contributed by atoms with Crippen molar-refractivity contribution in [3.8, 4) is 0 Å². The van der Waals surface area contributed by atoms with Gasteiger partial charge in [-0.3, -0.25) is 9.10 Å². The number of rotatable bonds is 6. The Kier molecular flexibility index (Phi) is 4.55. The lowest BCUT2D eigenvalue weighted by Crippen LogP contribution is -2.38. The molecule has 0 aromatic heterocycles. The Balaban J connectivity index is 2.00. The largest absolute Gasteiger partial charge is 0.354 e. The number of carbonyl (C=O) groups is 1. The van der Waals surface area contributed by atoms with Gasteiger partial charge in [-0.25, -0.2) is 8.42 Å². The number of anilines is 1. The molecular weight excluding hydrogens is 300 g/mol. The molecule has 0 aliphatic heterocycles. The molecule has 20 heavy (non-hydrogen) atoms. The van der Waals surface area contributed by atoms with Crippen LogP contribution in [0.15, 0.2) is 24.3 Å². The van der Waals surface area contributed by atoms with Crippen LogP contribution in [-0.4, -0.2) is 33.7 Å². The number of hydrogen-bond acceptors (Lipinski definition) is 3. The molecule has 7 heteroatoms. The highest BCUT2D eigenvalue weighted by Gasteiger charge is 2.29. The quantitative estimate of drug-likeness (QED) is 0.867. The number of halogens is 1. The molecule has 0 spiro atoms. The molecule has 5 nitrogen and oxygen atoms in total. The van der Waals surface area contributed by atoms with E-state index >= 15 is 0 Å². The monoisotopic (exact) mass is 316 g/mol. The summed E-state index contributed by atoms with van der Waals surface area (Å²) in [5, 5.41) is 3.30. The molecule has 0 atom stereocenters. The zero-order valence-corrected chi connectivity index (χ0v) is 12.7. The van der Waals surface area contributed by atoms with Crippen LogP contribution in [0.4, 0.5) is 5.69 Å². The van der Waals surface area contributed by atoms with E-state index in [4.69, 9.17) is 11.6 Å². The molecule has 0 bridgehead atoms. The highest BCUT2D eigenvalue weighted by Crippen LogP contribution is 2.28.